The van der Waals surface area contributed by atoms with Gasteiger partial charge in [0.05, 0.1) is 18.5 Å². The highest BCUT2D eigenvalue weighted by Gasteiger charge is 2.39. The number of sulfone groups is 1. The third-order valence-corrected chi connectivity index (χ3v) is 6.44. The highest BCUT2D eigenvalue weighted by atomic mass is 32.2. The number of phenolic OH excluding ortho intramolecular Hbond substituents is 1. The van der Waals surface area contributed by atoms with Crippen molar-refractivity contribution in [3.05, 3.63) is 46.5 Å². The first-order valence-electron chi connectivity index (χ1n) is 7.91. The van der Waals surface area contributed by atoms with Crippen molar-refractivity contribution in [1.29, 1.82) is 0 Å². The summed E-state index contributed by atoms with van der Waals surface area (Å²) in [5, 5.41) is 28.1. The molecule has 0 radical (unpaired) electrons. The van der Waals surface area contributed by atoms with Crippen LogP contribution in [-0.2, 0) is 9.84 Å². The van der Waals surface area contributed by atoms with Crippen molar-refractivity contribution in [3.63, 3.8) is 0 Å². The summed E-state index contributed by atoms with van der Waals surface area (Å²) in [5.74, 6) is 0.118. The Morgan fingerprint density at radius 2 is 1.96 bits per heavy atom. The Labute approximate surface area is 142 Å². The lowest BCUT2D eigenvalue weighted by atomic mass is 9.96. The molecule has 0 aromatic heterocycles. The molecule has 0 saturated heterocycles. The average molecular weight is 352 g/mol. The molecule has 6 heteroatoms. The monoisotopic (exact) mass is 352 g/mol. The van der Waals surface area contributed by atoms with Gasteiger partial charge in [0, 0.05) is 0 Å². The van der Waals surface area contributed by atoms with Crippen LogP contribution in [0.1, 0.15) is 32.3 Å². The second-order valence-electron chi connectivity index (χ2n) is 6.35. The van der Waals surface area contributed by atoms with Crippen molar-refractivity contribution in [2.45, 2.75) is 38.0 Å². The van der Waals surface area contributed by atoms with Gasteiger partial charge in [0.2, 0.25) is 0 Å². The SMILES string of the molecule is CC1=C([C@H](O)CC/C(C)=C/c2ccc(O)cc2)[C@H](CO)S(=O)(=O)C1. The van der Waals surface area contributed by atoms with Crippen LogP contribution >= 0.6 is 0 Å². The molecular weight excluding hydrogens is 328 g/mol. The number of allylic oxidation sites excluding steroid dienone is 1. The molecule has 0 spiro atoms. The molecule has 1 aliphatic heterocycles. The Hall–Kier alpha value is -1.63. The quantitative estimate of drug-likeness (QED) is 0.681. The molecule has 0 amide bonds. The van der Waals surface area contributed by atoms with Gasteiger partial charge in [0.1, 0.15) is 11.0 Å². The molecular formula is C18H24O5S. The molecule has 0 saturated carbocycles. The minimum absolute atomic E-state index is 0.0903. The fraction of sp³-hybridized carbons (Fsp3) is 0.444. The molecule has 2 atom stereocenters. The standard InChI is InChI=1S/C18H24O5S/c1-12(9-14-4-6-15(20)7-5-14)3-8-16(21)18-13(2)11-24(22,23)17(18)10-19/h4-7,9,16-17,19-21H,3,8,10-11H2,1-2H3/b12-9+/t16-,17+/m1/s1. The minimum Gasteiger partial charge on any atom is -0.508 e. The van der Waals surface area contributed by atoms with E-state index in [0.717, 1.165) is 11.1 Å². The van der Waals surface area contributed by atoms with Gasteiger partial charge in [-0.25, -0.2) is 8.42 Å². The van der Waals surface area contributed by atoms with Crippen molar-refractivity contribution in [2.75, 3.05) is 12.4 Å². The summed E-state index contributed by atoms with van der Waals surface area (Å²) in [6, 6.07) is 6.81. The summed E-state index contributed by atoms with van der Waals surface area (Å²) >= 11 is 0. The number of rotatable bonds is 6. The lowest BCUT2D eigenvalue weighted by Crippen LogP contribution is -2.29. The first-order valence-corrected chi connectivity index (χ1v) is 9.62. The molecule has 2 rings (SSSR count). The second kappa shape index (κ2) is 7.51. The molecule has 0 fully saturated rings. The maximum Gasteiger partial charge on any atom is 0.163 e. The third-order valence-electron chi connectivity index (χ3n) is 4.33. The van der Waals surface area contributed by atoms with Gasteiger partial charge < -0.3 is 15.3 Å². The van der Waals surface area contributed by atoms with Crippen LogP contribution < -0.4 is 0 Å². The van der Waals surface area contributed by atoms with E-state index in [-0.39, 0.29) is 11.5 Å². The number of benzene rings is 1. The summed E-state index contributed by atoms with van der Waals surface area (Å²) in [6.07, 6.45) is 2.10. The molecule has 1 heterocycles. The van der Waals surface area contributed by atoms with Crippen molar-refractivity contribution in [2.24, 2.45) is 0 Å². The first kappa shape index (κ1) is 18.7. The van der Waals surface area contributed by atoms with Gasteiger partial charge in [0.25, 0.3) is 0 Å². The van der Waals surface area contributed by atoms with E-state index in [9.17, 15) is 23.7 Å². The molecule has 132 valence electrons. The normalized spacial score (nSPS) is 22.0. The van der Waals surface area contributed by atoms with E-state index in [2.05, 4.69) is 0 Å². The summed E-state index contributed by atoms with van der Waals surface area (Å²) in [6.45, 7) is 3.15. The molecule has 1 aromatic carbocycles. The largest absolute Gasteiger partial charge is 0.508 e. The summed E-state index contributed by atoms with van der Waals surface area (Å²) in [7, 11) is -3.39. The van der Waals surface area contributed by atoms with Crippen molar-refractivity contribution >= 4 is 15.9 Å². The van der Waals surface area contributed by atoms with Gasteiger partial charge >= 0.3 is 0 Å². The highest BCUT2D eigenvalue weighted by molar-refractivity contribution is 7.92. The fourth-order valence-corrected chi connectivity index (χ4v) is 5.06. The maximum atomic E-state index is 12.0. The van der Waals surface area contributed by atoms with Crippen LogP contribution in [0.25, 0.3) is 6.08 Å². The third kappa shape index (κ3) is 4.26. The molecule has 0 aliphatic carbocycles. The average Bonchev–Trinajstić information content (AvgIpc) is 2.75. The second-order valence-corrected chi connectivity index (χ2v) is 8.53. The van der Waals surface area contributed by atoms with E-state index < -0.39 is 27.8 Å². The molecule has 0 bridgehead atoms. The Kier molecular flexibility index (Phi) is 5.85. The Morgan fingerprint density at radius 1 is 1.33 bits per heavy atom. The number of aliphatic hydroxyl groups is 2. The number of hydrogen-bond donors (Lipinski definition) is 3. The van der Waals surface area contributed by atoms with Crippen molar-refractivity contribution in [1.82, 2.24) is 0 Å². The van der Waals surface area contributed by atoms with Crippen LogP contribution in [0.5, 0.6) is 5.75 Å². The molecule has 1 aliphatic rings. The molecule has 3 N–H and O–H groups in total. The van der Waals surface area contributed by atoms with Gasteiger partial charge in [-0.3, -0.25) is 0 Å². The van der Waals surface area contributed by atoms with E-state index >= 15 is 0 Å². The fourth-order valence-electron chi connectivity index (χ4n) is 3.11. The lowest BCUT2D eigenvalue weighted by molar-refractivity contribution is 0.189. The van der Waals surface area contributed by atoms with Crippen LogP contribution in [0.2, 0.25) is 0 Å². The maximum absolute atomic E-state index is 12.0. The zero-order valence-electron chi connectivity index (χ0n) is 13.9. The van der Waals surface area contributed by atoms with E-state index in [0.29, 0.717) is 24.0 Å². The molecule has 0 unspecified atom stereocenters. The first-order chi connectivity index (χ1) is 11.2. The zero-order chi connectivity index (χ0) is 17.9. The van der Waals surface area contributed by atoms with Gasteiger partial charge in [0.15, 0.2) is 9.84 Å². The predicted octanol–water partition coefficient (Wildman–Crippen LogP) is 2.04. The smallest absolute Gasteiger partial charge is 0.163 e. The lowest BCUT2D eigenvalue weighted by Gasteiger charge is -2.18. The van der Waals surface area contributed by atoms with Gasteiger partial charge in [-0.1, -0.05) is 29.4 Å². The van der Waals surface area contributed by atoms with E-state index in [1.165, 1.54) is 0 Å². The summed E-state index contributed by atoms with van der Waals surface area (Å²) < 4.78 is 24.0. The Morgan fingerprint density at radius 3 is 2.54 bits per heavy atom. The van der Waals surface area contributed by atoms with Gasteiger partial charge in [-0.2, -0.15) is 0 Å². The highest BCUT2D eigenvalue weighted by Crippen LogP contribution is 2.31. The van der Waals surface area contributed by atoms with Crippen LogP contribution in [0.4, 0.5) is 0 Å². The van der Waals surface area contributed by atoms with Crippen LogP contribution in [0, 0.1) is 0 Å². The molecule has 5 nitrogen and oxygen atoms in total. The predicted molar refractivity (Wildman–Crippen MR) is 94.4 cm³/mol. The Bertz CT molecular complexity index is 744. The van der Waals surface area contributed by atoms with Crippen LogP contribution in [0.3, 0.4) is 0 Å². The zero-order valence-corrected chi connectivity index (χ0v) is 14.8. The van der Waals surface area contributed by atoms with Crippen LogP contribution in [-0.4, -0.2) is 47.5 Å². The van der Waals surface area contributed by atoms with E-state index in [1.807, 2.05) is 13.0 Å². The molecule has 1 aromatic rings. The minimum atomic E-state index is -3.39. The number of aromatic hydroxyl groups is 1. The van der Waals surface area contributed by atoms with Crippen molar-refractivity contribution < 1.29 is 23.7 Å². The number of phenols is 1. The van der Waals surface area contributed by atoms with Crippen molar-refractivity contribution in [3.8, 4) is 5.75 Å². The summed E-state index contributed by atoms with van der Waals surface area (Å²) in [5.41, 5.74) is 3.09. The topological polar surface area (TPSA) is 94.8 Å². The number of aliphatic hydroxyl groups excluding tert-OH is 2. The van der Waals surface area contributed by atoms with E-state index in [1.54, 1.807) is 31.2 Å². The van der Waals surface area contributed by atoms with Gasteiger partial charge in [-0.05, 0) is 50.0 Å². The van der Waals surface area contributed by atoms with Gasteiger partial charge in [-0.15, -0.1) is 0 Å². The number of hydrogen-bond acceptors (Lipinski definition) is 5. The Balaban J connectivity index is 2.03. The van der Waals surface area contributed by atoms with Crippen LogP contribution in [0.15, 0.2) is 41.0 Å². The summed E-state index contributed by atoms with van der Waals surface area (Å²) in [4.78, 5) is 0. The molecule has 24 heavy (non-hydrogen) atoms. The van der Waals surface area contributed by atoms with E-state index in [4.69, 9.17) is 0 Å².